The Kier molecular flexibility index (Phi) is 8.66. The predicted molar refractivity (Wildman–Crippen MR) is 158 cm³/mol. The maximum absolute atomic E-state index is 13.7. The van der Waals surface area contributed by atoms with Crippen LogP contribution in [0.3, 0.4) is 0 Å². The van der Waals surface area contributed by atoms with E-state index >= 15 is 0 Å². The molecule has 13 heteroatoms. The summed E-state index contributed by atoms with van der Waals surface area (Å²) in [5, 5.41) is 16.3. The van der Waals surface area contributed by atoms with E-state index in [-0.39, 0.29) is 22.2 Å². The Balaban J connectivity index is 1.37. The molecule has 3 aromatic rings. The molecule has 5 rings (SSSR count). The van der Waals surface area contributed by atoms with E-state index in [9.17, 15) is 14.4 Å². The van der Waals surface area contributed by atoms with Gasteiger partial charge in [0.1, 0.15) is 28.9 Å². The van der Waals surface area contributed by atoms with Crippen LogP contribution in [0.2, 0.25) is 0 Å². The van der Waals surface area contributed by atoms with Crippen molar-refractivity contribution in [2.45, 2.75) is 17.5 Å². The maximum Gasteiger partial charge on any atom is 0.356 e. The zero-order valence-corrected chi connectivity index (χ0v) is 23.6. The monoisotopic (exact) mass is 600 g/mol. The number of carbonyl (C=O) groups is 3. The number of allylic oxidation sites excluding steroid dienone is 1. The molecule has 3 heterocycles. The van der Waals surface area contributed by atoms with E-state index in [4.69, 9.17) is 20.6 Å². The zero-order valence-electron chi connectivity index (χ0n) is 22.0. The van der Waals surface area contributed by atoms with Crippen LogP contribution in [0.25, 0.3) is 0 Å². The fourth-order valence-electron chi connectivity index (χ4n) is 4.47. The number of thiazole rings is 1. The number of thioether (sulfide) groups is 1. The van der Waals surface area contributed by atoms with Gasteiger partial charge in [0.25, 0.3) is 11.8 Å². The Hall–Kier alpha value is -4.93. The second-order valence-corrected chi connectivity index (χ2v) is 11.0. The first-order valence-corrected chi connectivity index (χ1v) is 14.6. The van der Waals surface area contributed by atoms with Crippen LogP contribution in [0.1, 0.15) is 22.9 Å². The molecule has 1 fully saturated rings. The van der Waals surface area contributed by atoms with Gasteiger partial charge in [0.15, 0.2) is 16.9 Å². The number of esters is 1. The largest absolute Gasteiger partial charge is 0.448 e. The number of amides is 2. The average molecular weight is 601 g/mol. The Morgan fingerprint density at radius 3 is 2.45 bits per heavy atom. The van der Waals surface area contributed by atoms with E-state index in [1.807, 2.05) is 60.7 Å². The number of fused-ring (bicyclic) bond motifs is 1. The van der Waals surface area contributed by atoms with Gasteiger partial charge in [0, 0.05) is 11.1 Å². The Bertz CT molecular complexity index is 1580. The molecule has 2 aliphatic rings. The van der Waals surface area contributed by atoms with Crippen LogP contribution in [0.5, 0.6) is 0 Å². The highest BCUT2D eigenvalue weighted by Crippen LogP contribution is 2.42. The molecule has 3 N–H and O–H groups in total. The van der Waals surface area contributed by atoms with Crippen molar-refractivity contribution >= 4 is 51.7 Å². The van der Waals surface area contributed by atoms with Crippen LogP contribution in [0, 0.1) is 11.3 Å². The van der Waals surface area contributed by atoms with Crippen molar-refractivity contribution in [3.63, 3.8) is 0 Å². The number of nitrogen functional groups attached to an aromatic ring is 1. The number of carbonyl (C=O) groups excluding carboxylic acids is 3. The lowest BCUT2D eigenvalue weighted by molar-refractivity contribution is -0.154. The standard InChI is InChI=1S/C29H24N6O5S2/c1-2-17-15-41-27-22(33-25(36)21(34-39-14-13-30)20-16-42-29(31)32-20)26(37)35(27)23(17)28(38)40-24(18-9-5-3-6-10-18)19-11-7-4-8-12-19/h2-12,16,22,24,27H,1,14-15H2,(H2,31,32)(H,33,36)/t22?,27-/m0/s1. The summed E-state index contributed by atoms with van der Waals surface area (Å²) in [7, 11) is 0. The van der Waals surface area contributed by atoms with Gasteiger partial charge >= 0.3 is 5.97 Å². The Morgan fingerprint density at radius 2 is 1.88 bits per heavy atom. The van der Waals surface area contributed by atoms with Gasteiger partial charge in [-0.25, -0.2) is 9.78 Å². The quantitative estimate of drug-likeness (QED) is 0.117. The van der Waals surface area contributed by atoms with E-state index in [2.05, 4.69) is 22.0 Å². The Morgan fingerprint density at radius 1 is 1.21 bits per heavy atom. The molecule has 0 bridgehead atoms. The van der Waals surface area contributed by atoms with Crippen molar-refractivity contribution in [1.29, 1.82) is 5.26 Å². The number of nitrogens with zero attached hydrogens (tertiary/aromatic N) is 4. The molecule has 11 nitrogen and oxygen atoms in total. The zero-order chi connectivity index (χ0) is 29.6. The molecule has 2 atom stereocenters. The molecular formula is C29H24N6O5S2. The second-order valence-electron chi connectivity index (χ2n) is 8.99. The first kappa shape index (κ1) is 28.6. The van der Waals surface area contributed by atoms with Crippen LogP contribution in [-0.4, -0.2) is 57.2 Å². The van der Waals surface area contributed by atoms with Crippen molar-refractivity contribution in [3.8, 4) is 6.07 Å². The molecular weight excluding hydrogens is 576 g/mol. The third-order valence-corrected chi connectivity index (χ3v) is 8.39. The number of aromatic nitrogens is 1. The van der Waals surface area contributed by atoms with Gasteiger partial charge in [0.05, 0.1) is 0 Å². The van der Waals surface area contributed by atoms with Crippen molar-refractivity contribution < 1.29 is 24.0 Å². The average Bonchev–Trinajstić information content (AvgIpc) is 3.46. The minimum atomic E-state index is -0.965. The van der Waals surface area contributed by atoms with Crippen molar-refractivity contribution in [2.75, 3.05) is 18.1 Å². The number of nitrogens with one attached hydrogen (secondary N) is 1. The van der Waals surface area contributed by atoms with Gasteiger partial charge in [-0.1, -0.05) is 78.5 Å². The number of benzene rings is 2. The number of nitrogens with two attached hydrogens (primary N) is 1. The summed E-state index contributed by atoms with van der Waals surface area (Å²) in [5.74, 6) is -1.56. The second kappa shape index (κ2) is 12.7. The first-order chi connectivity index (χ1) is 20.4. The van der Waals surface area contributed by atoms with Crippen LogP contribution in [0.15, 0.2) is 95.1 Å². The maximum atomic E-state index is 13.7. The molecule has 1 aromatic heterocycles. The SMILES string of the molecule is C=CC1=C(C(=O)OC(c2ccccc2)c2ccccc2)N2C(=O)C(NC(=O)C(=NOCC#N)c3csc(N)n3)[C@@H]2SC1. The molecule has 42 heavy (non-hydrogen) atoms. The number of nitriles is 1. The van der Waals surface area contributed by atoms with Gasteiger partial charge < -0.3 is 20.6 Å². The molecule has 2 aliphatic heterocycles. The minimum Gasteiger partial charge on any atom is -0.448 e. The summed E-state index contributed by atoms with van der Waals surface area (Å²) < 4.78 is 6.05. The van der Waals surface area contributed by atoms with Gasteiger partial charge in [-0.2, -0.15) is 5.26 Å². The summed E-state index contributed by atoms with van der Waals surface area (Å²) in [6.07, 6.45) is 0.819. The lowest BCUT2D eigenvalue weighted by Crippen LogP contribution is -2.71. The van der Waals surface area contributed by atoms with Crippen LogP contribution >= 0.6 is 23.1 Å². The van der Waals surface area contributed by atoms with Crippen molar-refractivity contribution in [3.05, 3.63) is 107 Å². The molecule has 0 saturated carbocycles. The minimum absolute atomic E-state index is 0.0830. The van der Waals surface area contributed by atoms with Gasteiger partial charge in [-0.15, -0.1) is 23.1 Å². The van der Waals surface area contributed by atoms with E-state index in [0.717, 1.165) is 22.5 Å². The fourth-order valence-corrected chi connectivity index (χ4v) is 6.36. The lowest BCUT2D eigenvalue weighted by atomic mass is 10.0. The normalized spacial score (nSPS) is 18.0. The van der Waals surface area contributed by atoms with Crippen molar-refractivity contribution in [2.24, 2.45) is 5.16 Å². The van der Waals surface area contributed by atoms with Crippen molar-refractivity contribution in [1.82, 2.24) is 15.2 Å². The lowest BCUT2D eigenvalue weighted by Gasteiger charge is -2.49. The van der Waals surface area contributed by atoms with E-state index < -0.39 is 41.9 Å². The third-order valence-electron chi connectivity index (χ3n) is 6.42. The number of anilines is 1. The smallest absolute Gasteiger partial charge is 0.356 e. The number of rotatable bonds is 10. The summed E-state index contributed by atoms with van der Waals surface area (Å²) in [6.45, 7) is 3.44. The number of hydrogen-bond acceptors (Lipinski definition) is 11. The fraction of sp³-hybridized carbons (Fsp3) is 0.172. The predicted octanol–water partition coefficient (Wildman–Crippen LogP) is 3.14. The third kappa shape index (κ3) is 5.76. The molecule has 0 aliphatic carbocycles. The first-order valence-electron chi connectivity index (χ1n) is 12.6. The number of ether oxygens (including phenoxy) is 1. The van der Waals surface area contributed by atoms with Gasteiger partial charge in [-0.05, 0) is 16.7 Å². The molecule has 0 radical (unpaired) electrons. The highest BCUT2D eigenvalue weighted by molar-refractivity contribution is 8.00. The van der Waals surface area contributed by atoms with Crippen LogP contribution in [0.4, 0.5) is 5.13 Å². The topological polar surface area (TPSA) is 160 Å². The van der Waals surface area contributed by atoms with E-state index in [1.165, 1.54) is 28.1 Å². The summed E-state index contributed by atoms with van der Waals surface area (Å²) in [5.41, 5.74) is 7.78. The van der Waals surface area contributed by atoms with E-state index in [1.54, 1.807) is 6.07 Å². The molecule has 1 saturated heterocycles. The molecule has 2 aromatic carbocycles. The summed E-state index contributed by atoms with van der Waals surface area (Å²) >= 11 is 2.46. The molecule has 0 spiro atoms. The highest BCUT2D eigenvalue weighted by Gasteiger charge is 2.54. The van der Waals surface area contributed by atoms with Crippen LogP contribution in [-0.2, 0) is 24.0 Å². The number of β-lactam (4-membered cyclic amide) rings is 1. The molecule has 212 valence electrons. The summed E-state index contributed by atoms with van der Waals surface area (Å²) in [4.78, 5) is 50.6. The van der Waals surface area contributed by atoms with Gasteiger partial charge in [-0.3, -0.25) is 14.5 Å². The summed E-state index contributed by atoms with van der Waals surface area (Å²) in [6, 6.07) is 19.4. The highest BCUT2D eigenvalue weighted by atomic mass is 32.2. The number of oxime groups is 1. The van der Waals surface area contributed by atoms with E-state index in [0.29, 0.717) is 11.3 Å². The molecule has 1 unspecified atom stereocenters. The van der Waals surface area contributed by atoms with Crippen LogP contribution < -0.4 is 11.1 Å². The molecule has 2 amide bonds. The van der Waals surface area contributed by atoms with Gasteiger partial charge in [0.2, 0.25) is 6.61 Å². The Labute approximate surface area is 249 Å². The number of hydrogen-bond donors (Lipinski definition) is 2.